The first-order valence-corrected chi connectivity index (χ1v) is 8.36. The van der Waals surface area contributed by atoms with Crippen molar-refractivity contribution in [1.29, 1.82) is 0 Å². The molecule has 1 aromatic carbocycles. The van der Waals surface area contributed by atoms with Gasteiger partial charge >= 0.3 is 5.97 Å². The van der Waals surface area contributed by atoms with Crippen molar-refractivity contribution in [3.8, 4) is 0 Å². The summed E-state index contributed by atoms with van der Waals surface area (Å²) in [6.07, 6.45) is 0. The van der Waals surface area contributed by atoms with Crippen LogP contribution in [0.2, 0.25) is 10.0 Å². The van der Waals surface area contributed by atoms with Gasteiger partial charge in [-0.25, -0.2) is 0 Å². The van der Waals surface area contributed by atoms with Crippen molar-refractivity contribution in [2.45, 2.75) is 39.2 Å². The zero-order valence-corrected chi connectivity index (χ0v) is 15.0. The average Bonchev–Trinajstić information content (AvgIpc) is 2.83. The van der Waals surface area contributed by atoms with Crippen LogP contribution in [0.1, 0.15) is 39.2 Å². The Morgan fingerprint density at radius 3 is 2.55 bits per heavy atom. The topological polar surface area (TPSA) is 29.5 Å². The van der Waals surface area contributed by atoms with Crippen molar-refractivity contribution >= 4 is 29.2 Å². The molecule has 1 aliphatic heterocycles. The molecule has 1 aromatic rings. The third-order valence-electron chi connectivity index (χ3n) is 4.22. The summed E-state index contributed by atoms with van der Waals surface area (Å²) in [6, 6.07) is 5.48. The molecular weight excluding hydrogens is 321 g/mol. The van der Waals surface area contributed by atoms with E-state index < -0.39 is 0 Å². The van der Waals surface area contributed by atoms with Crippen LogP contribution in [0.4, 0.5) is 0 Å². The molecule has 3 nitrogen and oxygen atoms in total. The summed E-state index contributed by atoms with van der Waals surface area (Å²) in [7, 11) is 0. The number of halogens is 2. The third kappa shape index (κ3) is 3.76. The van der Waals surface area contributed by atoms with Crippen LogP contribution in [-0.4, -0.2) is 36.1 Å². The molecule has 0 aliphatic carbocycles. The highest BCUT2D eigenvalue weighted by Crippen LogP contribution is 2.40. The van der Waals surface area contributed by atoms with Crippen LogP contribution >= 0.6 is 23.2 Å². The van der Waals surface area contributed by atoms with E-state index in [0.29, 0.717) is 23.2 Å². The molecule has 0 bridgehead atoms. The number of rotatable bonds is 3. The van der Waals surface area contributed by atoms with E-state index in [1.165, 1.54) is 0 Å². The van der Waals surface area contributed by atoms with Gasteiger partial charge < -0.3 is 4.74 Å². The summed E-state index contributed by atoms with van der Waals surface area (Å²) in [5.74, 6) is -0.314. The van der Waals surface area contributed by atoms with E-state index >= 15 is 0 Å². The molecule has 0 spiro atoms. The van der Waals surface area contributed by atoms with Gasteiger partial charge in [-0.05, 0) is 45.4 Å². The van der Waals surface area contributed by atoms with Crippen LogP contribution in [-0.2, 0) is 9.53 Å². The van der Waals surface area contributed by atoms with Crippen LogP contribution in [0.5, 0.6) is 0 Å². The van der Waals surface area contributed by atoms with Gasteiger partial charge in [-0.15, -0.1) is 0 Å². The quantitative estimate of drug-likeness (QED) is 0.763. The highest BCUT2D eigenvalue weighted by atomic mass is 35.5. The lowest BCUT2D eigenvalue weighted by Crippen LogP contribution is -2.40. The highest BCUT2D eigenvalue weighted by molar-refractivity contribution is 6.35. The Morgan fingerprint density at radius 2 is 2.00 bits per heavy atom. The van der Waals surface area contributed by atoms with Gasteiger partial charge in [0.1, 0.15) is 0 Å². The normalized spacial score (nSPS) is 22.8. The van der Waals surface area contributed by atoms with Crippen LogP contribution in [0.3, 0.4) is 0 Å². The molecule has 1 fully saturated rings. The first-order chi connectivity index (χ1) is 10.2. The van der Waals surface area contributed by atoms with E-state index in [9.17, 15) is 4.79 Å². The van der Waals surface area contributed by atoms with Crippen molar-refractivity contribution in [2.24, 2.45) is 5.92 Å². The van der Waals surface area contributed by atoms with Crippen molar-refractivity contribution in [1.82, 2.24) is 4.90 Å². The second kappa shape index (κ2) is 6.77. The molecule has 0 N–H and O–H groups in total. The van der Waals surface area contributed by atoms with Gasteiger partial charge in [0, 0.05) is 34.6 Å². The number of esters is 1. The number of carbonyl (C=O) groups is 1. The molecule has 0 aromatic heterocycles. The monoisotopic (exact) mass is 343 g/mol. The minimum atomic E-state index is -0.196. The number of benzene rings is 1. The molecular formula is C17H23Cl2NO2. The molecule has 22 heavy (non-hydrogen) atoms. The van der Waals surface area contributed by atoms with Crippen LogP contribution in [0, 0.1) is 5.92 Å². The predicted molar refractivity (Wildman–Crippen MR) is 90.7 cm³/mol. The van der Waals surface area contributed by atoms with Crippen LogP contribution in [0.25, 0.3) is 0 Å². The summed E-state index contributed by atoms with van der Waals surface area (Å²) >= 11 is 12.4. The fourth-order valence-electron chi connectivity index (χ4n) is 2.96. The highest BCUT2D eigenvalue weighted by Gasteiger charge is 2.43. The van der Waals surface area contributed by atoms with Crippen LogP contribution in [0.15, 0.2) is 18.2 Å². The number of hydrogen-bond donors (Lipinski definition) is 0. The zero-order chi connectivity index (χ0) is 16.5. The number of hydrogen-bond acceptors (Lipinski definition) is 3. The molecule has 0 radical (unpaired) electrons. The van der Waals surface area contributed by atoms with Gasteiger partial charge in [0.05, 0.1) is 12.5 Å². The SMILES string of the molecule is CCOC(=O)[C@@H]1CN(C(C)(C)C)C[C@H]1c1ccc(Cl)cc1Cl. The van der Waals surface area contributed by atoms with E-state index in [-0.39, 0.29) is 23.3 Å². The maximum Gasteiger partial charge on any atom is 0.310 e. The summed E-state index contributed by atoms with van der Waals surface area (Å²) in [5, 5.41) is 1.22. The first kappa shape index (κ1) is 17.6. The molecule has 2 rings (SSSR count). The number of carbonyl (C=O) groups excluding carboxylic acids is 1. The van der Waals surface area contributed by atoms with Crippen molar-refractivity contribution in [3.05, 3.63) is 33.8 Å². The molecule has 1 saturated heterocycles. The van der Waals surface area contributed by atoms with Gasteiger partial charge in [0.15, 0.2) is 0 Å². The molecule has 1 aliphatic rings. The Balaban J connectivity index is 2.34. The Labute approximate surface area is 142 Å². The van der Waals surface area contributed by atoms with Gasteiger partial charge in [-0.1, -0.05) is 29.3 Å². The third-order valence-corrected chi connectivity index (χ3v) is 4.78. The van der Waals surface area contributed by atoms with Gasteiger partial charge in [-0.2, -0.15) is 0 Å². The standard InChI is InChI=1S/C17H23Cl2NO2/c1-5-22-16(21)14-10-20(17(2,3)4)9-13(14)12-7-6-11(18)8-15(12)19/h6-8,13-14H,5,9-10H2,1-4H3/t13-,14+/m0/s1. The van der Waals surface area contributed by atoms with Gasteiger partial charge in [-0.3, -0.25) is 9.69 Å². The molecule has 122 valence electrons. The molecule has 0 amide bonds. The fraction of sp³-hybridized carbons (Fsp3) is 0.588. The smallest absolute Gasteiger partial charge is 0.310 e. The maximum absolute atomic E-state index is 12.4. The summed E-state index contributed by atoms with van der Waals surface area (Å²) in [4.78, 5) is 14.7. The Hall–Kier alpha value is -0.770. The maximum atomic E-state index is 12.4. The Morgan fingerprint density at radius 1 is 1.32 bits per heavy atom. The number of nitrogens with zero attached hydrogens (tertiary/aromatic N) is 1. The van der Waals surface area contributed by atoms with Gasteiger partial charge in [0.25, 0.3) is 0 Å². The van der Waals surface area contributed by atoms with Gasteiger partial charge in [0.2, 0.25) is 0 Å². The minimum Gasteiger partial charge on any atom is -0.466 e. The lowest BCUT2D eigenvalue weighted by atomic mass is 9.89. The largest absolute Gasteiger partial charge is 0.466 e. The van der Waals surface area contributed by atoms with Crippen molar-refractivity contribution < 1.29 is 9.53 Å². The molecule has 5 heteroatoms. The number of ether oxygens (including phenoxy) is 1. The summed E-state index contributed by atoms with van der Waals surface area (Å²) in [6.45, 7) is 10.2. The van der Waals surface area contributed by atoms with E-state index in [1.54, 1.807) is 6.07 Å². The Kier molecular flexibility index (Phi) is 5.41. The molecule has 0 saturated carbocycles. The second-order valence-electron chi connectivity index (χ2n) is 6.71. The summed E-state index contributed by atoms with van der Waals surface area (Å²) in [5.41, 5.74) is 0.967. The van der Waals surface area contributed by atoms with Crippen molar-refractivity contribution in [2.75, 3.05) is 19.7 Å². The first-order valence-electron chi connectivity index (χ1n) is 7.60. The van der Waals surface area contributed by atoms with E-state index in [2.05, 4.69) is 25.7 Å². The second-order valence-corrected chi connectivity index (χ2v) is 7.55. The Bertz CT molecular complexity index is 554. The molecule has 0 unspecified atom stereocenters. The average molecular weight is 344 g/mol. The summed E-state index contributed by atoms with van der Waals surface area (Å²) < 4.78 is 5.27. The lowest BCUT2D eigenvalue weighted by Gasteiger charge is -2.31. The van der Waals surface area contributed by atoms with E-state index in [4.69, 9.17) is 27.9 Å². The van der Waals surface area contributed by atoms with Crippen molar-refractivity contribution in [3.63, 3.8) is 0 Å². The van der Waals surface area contributed by atoms with Crippen LogP contribution < -0.4 is 0 Å². The predicted octanol–water partition coefficient (Wildman–Crippen LogP) is 4.37. The lowest BCUT2D eigenvalue weighted by molar-refractivity contribution is -0.148. The fourth-order valence-corrected chi connectivity index (χ4v) is 3.51. The van der Waals surface area contributed by atoms with E-state index in [1.807, 2.05) is 19.1 Å². The minimum absolute atomic E-state index is 0.00159. The molecule has 1 heterocycles. The zero-order valence-electron chi connectivity index (χ0n) is 13.5. The number of likely N-dealkylation sites (tertiary alicyclic amines) is 1. The molecule has 2 atom stereocenters. The van der Waals surface area contributed by atoms with E-state index in [0.717, 1.165) is 12.1 Å².